The van der Waals surface area contributed by atoms with Crippen molar-refractivity contribution in [1.29, 1.82) is 0 Å². The van der Waals surface area contributed by atoms with Crippen LogP contribution in [0.5, 0.6) is 0 Å². The summed E-state index contributed by atoms with van der Waals surface area (Å²) in [6.45, 7) is 12.0. The van der Waals surface area contributed by atoms with E-state index in [1.165, 1.54) is 58.3 Å². The Hall–Kier alpha value is -0.0800. The van der Waals surface area contributed by atoms with Crippen LogP contribution in [0.25, 0.3) is 0 Å². The van der Waals surface area contributed by atoms with E-state index in [0.717, 1.165) is 5.92 Å². The predicted octanol–water partition coefficient (Wildman–Crippen LogP) is 2.89. The van der Waals surface area contributed by atoms with Crippen LogP contribution in [0, 0.1) is 5.92 Å². The maximum absolute atomic E-state index is 3.51. The lowest BCUT2D eigenvalue weighted by atomic mass is 9.94. The Kier molecular flexibility index (Phi) is 7.06. The Bertz CT molecular complexity index is 162. The summed E-state index contributed by atoms with van der Waals surface area (Å²) in [5.74, 6) is 0.949. The largest absolute Gasteiger partial charge is 0.316 e. The van der Waals surface area contributed by atoms with Crippen molar-refractivity contribution in [3.8, 4) is 0 Å². The van der Waals surface area contributed by atoms with Crippen LogP contribution in [0.3, 0.4) is 0 Å². The minimum atomic E-state index is 0.712. The van der Waals surface area contributed by atoms with Gasteiger partial charge in [-0.1, -0.05) is 6.92 Å². The summed E-state index contributed by atoms with van der Waals surface area (Å²) in [6, 6.07) is 0.712. The first-order chi connectivity index (χ1) is 7.74. The van der Waals surface area contributed by atoms with E-state index < -0.39 is 0 Å². The maximum Gasteiger partial charge on any atom is 0.00385 e. The van der Waals surface area contributed by atoms with E-state index in [-0.39, 0.29) is 0 Å². The Morgan fingerprint density at radius 1 is 1.31 bits per heavy atom. The van der Waals surface area contributed by atoms with E-state index >= 15 is 0 Å². The second-order valence-corrected chi connectivity index (χ2v) is 5.48. The molecule has 1 heterocycles. The average molecular weight is 226 g/mol. The monoisotopic (exact) mass is 226 g/mol. The third-order valence-corrected chi connectivity index (χ3v) is 3.70. The molecule has 0 aliphatic carbocycles. The van der Waals surface area contributed by atoms with Gasteiger partial charge in [0.2, 0.25) is 0 Å². The highest BCUT2D eigenvalue weighted by Crippen LogP contribution is 2.16. The Balaban J connectivity index is 2.11. The highest BCUT2D eigenvalue weighted by molar-refractivity contribution is 4.70. The second-order valence-electron chi connectivity index (χ2n) is 5.48. The van der Waals surface area contributed by atoms with Gasteiger partial charge >= 0.3 is 0 Å². The first-order valence-electron chi connectivity index (χ1n) is 7.18. The van der Waals surface area contributed by atoms with Crippen LogP contribution < -0.4 is 5.32 Å². The molecule has 2 heteroatoms. The SMILES string of the molecule is CCCN(CCCC1CCCNC1)C(C)C. The molecule has 1 atom stereocenters. The van der Waals surface area contributed by atoms with Gasteiger partial charge in [0.05, 0.1) is 0 Å². The van der Waals surface area contributed by atoms with Crippen LogP contribution in [0.4, 0.5) is 0 Å². The van der Waals surface area contributed by atoms with Gasteiger partial charge in [-0.3, -0.25) is 0 Å². The average Bonchev–Trinajstić information content (AvgIpc) is 2.29. The van der Waals surface area contributed by atoms with Gasteiger partial charge in [0.1, 0.15) is 0 Å². The first-order valence-corrected chi connectivity index (χ1v) is 7.18. The van der Waals surface area contributed by atoms with E-state index in [9.17, 15) is 0 Å². The molecule has 1 rings (SSSR count). The minimum absolute atomic E-state index is 0.712. The van der Waals surface area contributed by atoms with Crippen molar-refractivity contribution in [2.24, 2.45) is 5.92 Å². The van der Waals surface area contributed by atoms with E-state index in [1.807, 2.05) is 0 Å². The molecule has 0 radical (unpaired) electrons. The number of hydrogen-bond acceptors (Lipinski definition) is 2. The second kappa shape index (κ2) is 8.08. The molecule has 0 aromatic rings. The molecule has 1 fully saturated rings. The fourth-order valence-electron chi connectivity index (χ4n) is 2.67. The molecule has 1 unspecified atom stereocenters. The Morgan fingerprint density at radius 3 is 2.69 bits per heavy atom. The van der Waals surface area contributed by atoms with Gasteiger partial charge in [-0.2, -0.15) is 0 Å². The number of nitrogens with one attached hydrogen (secondary N) is 1. The fraction of sp³-hybridized carbons (Fsp3) is 1.00. The van der Waals surface area contributed by atoms with Crippen LogP contribution in [-0.4, -0.2) is 37.1 Å². The molecule has 0 amide bonds. The summed E-state index contributed by atoms with van der Waals surface area (Å²) in [6.07, 6.45) is 6.91. The van der Waals surface area contributed by atoms with Gasteiger partial charge in [-0.15, -0.1) is 0 Å². The number of nitrogens with zero attached hydrogens (tertiary/aromatic N) is 1. The summed E-state index contributed by atoms with van der Waals surface area (Å²) < 4.78 is 0. The molecular weight excluding hydrogens is 196 g/mol. The molecule has 2 nitrogen and oxygen atoms in total. The molecular formula is C14H30N2. The zero-order valence-corrected chi connectivity index (χ0v) is 11.5. The molecule has 96 valence electrons. The molecule has 1 aliphatic rings. The van der Waals surface area contributed by atoms with Crippen LogP contribution in [0.1, 0.15) is 52.9 Å². The van der Waals surface area contributed by atoms with Crippen LogP contribution in [-0.2, 0) is 0 Å². The normalized spacial score (nSPS) is 21.9. The predicted molar refractivity (Wildman–Crippen MR) is 71.8 cm³/mol. The zero-order valence-electron chi connectivity index (χ0n) is 11.5. The molecule has 1 saturated heterocycles. The molecule has 0 aromatic heterocycles. The zero-order chi connectivity index (χ0) is 11.8. The molecule has 1 aliphatic heterocycles. The lowest BCUT2D eigenvalue weighted by molar-refractivity contribution is 0.209. The quantitative estimate of drug-likeness (QED) is 0.718. The smallest absolute Gasteiger partial charge is 0.00385 e. The summed E-state index contributed by atoms with van der Waals surface area (Å²) in [5, 5.41) is 3.51. The molecule has 0 aromatic carbocycles. The van der Waals surface area contributed by atoms with Gasteiger partial charge < -0.3 is 10.2 Å². The van der Waals surface area contributed by atoms with Crippen molar-refractivity contribution in [2.45, 2.75) is 58.9 Å². The lowest BCUT2D eigenvalue weighted by Gasteiger charge is -2.28. The topological polar surface area (TPSA) is 15.3 Å². The molecule has 0 spiro atoms. The Labute approximate surface area is 102 Å². The molecule has 0 saturated carbocycles. The van der Waals surface area contributed by atoms with Crippen LogP contribution >= 0.6 is 0 Å². The van der Waals surface area contributed by atoms with E-state index in [2.05, 4.69) is 31.0 Å². The van der Waals surface area contributed by atoms with Gasteiger partial charge in [-0.25, -0.2) is 0 Å². The van der Waals surface area contributed by atoms with Gasteiger partial charge in [-0.05, 0) is 78.0 Å². The van der Waals surface area contributed by atoms with Crippen molar-refractivity contribution in [1.82, 2.24) is 10.2 Å². The minimum Gasteiger partial charge on any atom is -0.316 e. The standard InChI is InChI=1S/C14H30N2/c1-4-10-16(13(2)3)11-6-8-14-7-5-9-15-12-14/h13-15H,4-12H2,1-3H3. The highest BCUT2D eigenvalue weighted by atomic mass is 15.1. The third kappa shape index (κ3) is 5.31. The van der Waals surface area contributed by atoms with Crippen molar-refractivity contribution < 1.29 is 0 Å². The van der Waals surface area contributed by atoms with Crippen molar-refractivity contribution in [3.05, 3.63) is 0 Å². The Morgan fingerprint density at radius 2 is 2.12 bits per heavy atom. The van der Waals surface area contributed by atoms with Gasteiger partial charge in [0.15, 0.2) is 0 Å². The van der Waals surface area contributed by atoms with Crippen molar-refractivity contribution in [3.63, 3.8) is 0 Å². The summed E-state index contributed by atoms with van der Waals surface area (Å²) in [5.41, 5.74) is 0. The van der Waals surface area contributed by atoms with Crippen LogP contribution in [0.2, 0.25) is 0 Å². The van der Waals surface area contributed by atoms with Gasteiger partial charge in [0.25, 0.3) is 0 Å². The maximum atomic E-state index is 3.51. The fourth-order valence-corrected chi connectivity index (χ4v) is 2.67. The summed E-state index contributed by atoms with van der Waals surface area (Å²) in [7, 11) is 0. The first kappa shape index (κ1) is 14.0. The van der Waals surface area contributed by atoms with E-state index in [4.69, 9.17) is 0 Å². The summed E-state index contributed by atoms with van der Waals surface area (Å²) in [4.78, 5) is 2.62. The number of hydrogen-bond donors (Lipinski definition) is 1. The molecule has 1 N–H and O–H groups in total. The van der Waals surface area contributed by atoms with E-state index in [0.29, 0.717) is 6.04 Å². The van der Waals surface area contributed by atoms with Crippen LogP contribution in [0.15, 0.2) is 0 Å². The third-order valence-electron chi connectivity index (χ3n) is 3.70. The van der Waals surface area contributed by atoms with Crippen molar-refractivity contribution in [2.75, 3.05) is 26.2 Å². The number of piperidine rings is 1. The lowest BCUT2D eigenvalue weighted by Crippen LogP contribution is -2.34. The van der Waals surface area contributed by atoms with E-state index in [1.54, 1.807) is 0 Å². The highest BCUT2D eigenvalue weighted by Gasteiger charge is 2.13. The number of rotatable bonds is 7. The molecule has 0 bridgehead atoms. The van der Waals surface area contributed by atoms with Crippen molar-refractivity contribution >= 4 is 0 Å². The molecule has 16 heavy (non-hydrogen) atoms. The van der Waals surface area contributed by atoms with Gasteiger partial charge in [0, 0.05) is 6.04 Å². The summed E-state index contributed by atoms with van der Waals surface area (Å²) >= 11 is 0.